The fourth-order valence-corrected chi connectivity index (χ4v) is 2.08. The third-order valence-electron chi connectivity index (χ3n) is 2.27. The topological polar surface area (TPSA) is 38.0 Å². The van der Waals surface area contributed by atoms with Crippen LogP contribution in [0.2, 0.25) is 0 Å². The SMILES string of the molecule is NC1CCC(NCCSC(F)(F)F)C1. The van der Waals surface area contributed by atoms with E-state index in [-0.39, 0.29) is 23.6 Å². The van der Waals surface area contributed by atoms with Gasteiger partial charge in [-0.1, -0.05) is 0 Å². The lowest BCUT2D eigenvalue weighted by molar-refractivity contribution is -0.0327. The number of alkyl halides is 3. The molecule has 0 amide bonds. The summed E-state index contributed by atoms with van der Waals surface area (Å²) in [7, 11) is 0. The molecule has 0 saturated heterocycles. The molecule has 2 atom stereocenters. The summed E-state index contributed by atoms with van der Waals surface area (Å²) < 4.78 is 35.2. The predicted octanol–water partition coefficient (Wildman–Crippen LogP) is 1.71. The number of thioether (sulfide) groups is 1. The minimum Gasteiger partial charge on any atom is -0.328 e. The average molecular weight is 228 g/mol. The molecule has 1 rings (SSSR count). The average Bonchev–Trinajstić information content (AvgIpc) is 2.44. The molecule has 1 saturated carbocycles. The maximum Gasteiger partial charge on any atom is 0.441 e. The first-order valence-corrected chi connectivity index (χ1v) is 5.65. The van der Waals surface area contributed by atoms with Crippen molar-refractivity contribution in [3.8, 4) is 0 Å². The number of hydrogen-bond acceptors (Lipinski definition) is 3. The number of rotatable bonds is 4. The second-order valence-corrected chi connectivity index (χ2v) is 4.68. The van der Waals surface area contributed by atoms with E-state index in [2.05, 4.69) is 5.32 Å². The predicted molar refractivity (Wildman–Crippen MR) is 52.1 cm³/mol. The van der Waals surface area contributed by atoms with E-state index in [0.717, 1.165) is 19.3 Å². The fourth-order valence-electron chi connectivity index (χ4n) is 1.63. The molecule has 2 unspecified atom stereocenters. The minimum atomic E-state index is -4.10. The number of nitrogens with one attached hydrogen (secondary N) is 1. The van der Waals surface area contributed by atoms with Gasteiger partial charge < -0.3 is 11.1 Å². The van der Waals surface area contributed by atoms with Gasteiger partial charge >= 0.3 is 5.51 Å². The molecule has 1 fully saturated rings. The Kier molecular flexibility index (Phi) is 4.53. The molecule has 0 aromatic rings. The van der Waals surface area contributed by atoms with Crippen LogP contribution < -0.4 is 11.1 Å². The van der Waals surface area contributed by atoms with Crippen LogP contribution in [-0.4, -0.2) is 29.9 Å². The van der Waals surface area contributed by atoms with Crippen molar-refractivity contribution in [3.05, 3.63) is 0 Å². The molecule has 0 radical (unpaired) electrons. The molecule has 0 spiro atoms. The van der Waals surface area contributed by atoms with Crippen LogP contribution in [0.1, 0.15) is 19.3 Å². The monoisotopic (exact) mass is 228 g/mol. The third kappa shape index (κ3) is 5.07. The lowest BCUT2D eigenvalue weighted by Gasteiger charge is -2.12. The van der Waals surface area contributed by atoms with Crippen LogP contribution >= 0.6 is 11.8 Å². The first-order chi connectivity index (χ1) is 6.47. The second-order valence-electron chi connectivity index (χ2n) is 3.52. The van der Waals surface area contributed by atoms with E-state index in [4.69, 9.17) is 5.73 Å². The standard InChI is InChI=1S/C8H15F3N2S/c9-8(10,11)14-4-3-13-7-2-1-6(12)5-7/h6-7,13H,1-5,12H2. The van der Waals surface area contributed by atoms with Crippen molar-refractivity contribution < 1.29 is 13.2 Å². The van der Waals surface area contributed by atoms with E-state index in [1.54, 1.807) is 0 Å². The van der Waals surface area contributed by atoms with Gasteiger partial charge in [-0.3, -0.25) is 0 Å². The molecule has 0 aliphatic heterocycles. The molecular weight excluding hydrogens is 213 g/mol. The highest BCUT2D eigenvalue weighted by atomic mass is 32.2. The molecule has 1 aliphatic rings. The van der Waals surface area contributed by atoms with E-state index in [0.29, 0.717) is 12.6 Å². The van der Waals surface area contributed by atoms with Gasteiger partial charge in [0.1, 0.15) is 0 Å². The second kappa shape index (κ2) is 5.23. The molecule has 14 heavy (non-hydrogen) atoms. The smallest absolute Gasteiger partial charge is 0.328 e. The molecule has 0 aromatic carbocycles. The van der Waals surface area contributed by atoms with Crippen LogP contribution in [0.3, 0.4) is 0 Å². The minimum absolute atomic E-state index is 0.0240. The highest BCUT2D eigenvalue weighted by Gasteiger charge is 2.27. The van der Waals surface area contributed by atoms with E-state index in [1.807, 2.05) is 0 Å². The summed E-state index contributed by atoms with van der Waals surface area (Å²) >= 11 is 0.0240. The maximum absolute atomic E-state index is 11.7. The van der Waals surface area contributed by atoms with Gasteiger partial charge in [0.05, 0.1) is 0 Å². The van der Waals surface area contributed by atoms with Crippen molar-refractivity contribution in [1.29, 1.82) is 0 Å². The first kappa shape index (κ1) is 12.1. The highest BCUT2D eigenvalue weighted by molar-refractivity contribution is 8.00. The first-order valence-electron chi connectivity index (χ1n) is 4.67. The zero-order valence-corrected chi connectivity index (χ0v) is 8.63. The Hall–Kier alpha value is 0.0600. The largest absolute Gasteiger partial charge is 0.441 e. The summed E-state index contributed by atoms with van der Waals surface area (Å²) in [6.45, 7) is 0.404. The summed E-state index contributed by atoms with van der Waals surface area (Å²) in [6, 6.07) is 0.543. The fraction of sp³-hybridized carbons (Fsp3) is 1.00. The van der Waals surface area contributed by atoms with Crippen molar-refractivity contribution in [2.24, 2.45) is 5.73 Å². The Labute approximate surface area is 85.8 Å². The van der Waals surface area contributed by atoms with Gasteiger partial charge in [-0.25, -0.2) is 0 Å². The van der Waals surface area contributed by atoms with Crippen molar-refractivity contribution in [3.63, 3.8) is 0 Å². The van der Waals surface area contributed by atoms with Crippen LogP contribution in [0.4, 0.5) is 13.2 Å². The number of hydrogen-bond donors (Lipinski definition) is 2. The molecule has 2 nitrogen and oxygen atoms in total. The zero-order chi connectivity index (χ0) is 10.6. The van der Waals surface area contributed by atoms with Crippen molar-refractivity contribution >= 4 is 11.8 Å². The van der Waals surface area contributed by atoms with Gasteiger partial charge in [-0.2, -0.15) is 13.2 Å². The third-order valence-corrected chi connectivity index (χ3v) is 3.01. The van der Waals surface area contributed by atoms with E-state index < -0.39 is 5.51 Å². The van der Waals surface area contributed by atoms with Crippen LogP contribution in [0.5, 0.6) is 0 Å². The van der Waals surface area contributed by atoms with E-state index in [9.17, 15) is 13.2 Å². The Morgan fingerprint density at radius 2 is 2.07 bits per heavy atom. The Bertz CT molecular complexity index is 174. The Morgan fingerprint density at radius 1 is 1.36 bits per heavy atom. The molecule has 0 aromatic heterocycles. The molecular formula is C8H15F3N2S. The van der Waals surface area contributed by atoms with Crippen molar-refractivity contribution in [2.75, 3.05) is 12.3 Å². The van der Waals surface area contributed by atoms with Gasteiger partial charge in [-0.15, -0.1) is 0 Å². The summed E-state index contributed by atoms with van der Waals surface area (Å²) in [4.78, 5) is 0. The number of nitrogens with two attached hydrogens (primary N) is 1. The molecule has 1 aliphatic carbocycles. The van der Waals surface area contributed by atoms with Crippen LogP contribution in [0, 0.1) is 0 Å². The molecule has 3 N–H and O–H groups in total. The van der Waals surface area contributed by atoms with Crippen LogP contribution in [0.25, 0.3) is 0 Å². The van der Waals surface area contributed by atoms with Gasteiger partial charge in [-0.05, 0) is 31.0 Å². The Morgan fingerprint density at radius 3 is 2.57 bits per heavy atom. The molecule has 6 heteroatoms. The van der Waals surface area contributed by atoms with E-state index >= 15 is 0 Å². The quantitative estimate of drug-likeness (QED) is 0.719. The van der Waals surface area contributed by atoms with Gasteiger partial charge in [0.2, 0.25) is 0 Å². The molecule has 0 heterocycles. The Balaban J connectivity index is 1.99. The molecule has 84 valence electrons. The highest BCUT2D eigenvalue weighted by Crippen LogP contribution is 2.29. The zero-order valence-electron chi connectivity index (χ0n) is 7.81. The van der Waals surface area contributed by atoms with Crippen molar-refractivity contribution in [2.45, 2.75) is 36.9 Å². The normalized spacial score (nSPS) is 28.3. The van der Waals surface area contributed by atoms with Crippen LogP contribution in [-0.2, 0) is 0 Å². The summed E-state index contributed by atoms with van der Waals surface area (Å²) in [5.41, 5.74) is 1.57. The maximum atomic E-state index is 11.7. The van der Waals surface area contributed by atoms with E-state index in [1.165, 1.54) is 0 Å². The lowest BCUT2D eigenvalue weighted by Crippen LogP contribution is -2.30. The van der Waals surface area contributed by atoms with Gasteiger partial charge in [0.25, 0.3) is 0 Å². The summed E-state index contributed by atoms with van der Waals surface area (Å²) in [5.74, 6) is 0.0786. The number of halogens is 3. The van der Waals surface area contributed by atoms with Gasteiger partial charge in [0, 0.05) is 24.4 Å². The summed E-state index contributed by atoms with van der Waals surface area (Å²) in [6.07, 6.45) is 2.85. The van der Waals surface area contributed by atoms with Crippen molar-refractivity contribution in [1.82, 2.24) is 5.32 Å². The lowest BCUT2D eigenvalue weighted by atomic mass is 10.2. The van der Waals surface area contributed by atoms with Gasteiger partial charge in [0.15, 0.2) is 0 Å². The van der Waals surface area contributed by atoms with Crippen LogP contribution in [0.15, 0.2) is 0 Å². The summed E-state index contributed by atoms with van der Waals surface area (Å²) in [5, 5.41) is 3.08. The molecule has 0 bridgehead atoms.